The van der Waals surface area contributed by atoms with Crippen LogP contribution in [0.25, 0.3) is 0 Å². The Labute approximate surface area is 125 Å². The van der Waals surface area contributed by atoms with Gasteiger partial charge >= 0.3 is 12.0 Å². The Kier molecular flexibility index (Phi) is 4.17. The van der Waals surface area contributed by atoms with Crippen LogP contribution < -0.4 is 5.32 Å². The van der Waals surface area contributed by atoms with Crippen LogP contribution in [0.4, 0.5) is 4.79 Å². The summed E-state index contributed by atoms with van der Waals surface area (Å²) in [6.45, 7) is 0.839. The predicted molar refractivity (Wildman–Crippen MR) is 78.9 cm³/mol. The van der Waals surface area contributed by atoms with Crippen molar-refractivity contribution in [2.75, 3.05) is 6.54 Å². The second-order valence-corrected chi connectivity index (χ2v) is 6.57. The van der Waals surface area contributed by atoms with Crippen molar-refractivity contribution in [2.24, 2.45) is 11.8 Å². The number of carboxylic acid groups (broad SMARTS) is 1. The van der Waals surface area contributed by atoms with Gasteiger partial charge in [-0.15, -0.1) is 0 Å². The first-order valence-corrected chi connectivity index (χ1v) is 8.13. The molecule has 5 heteroatoms. The number of nitrogens with zero attached hydrogens (tertiary/aromatic N) is 1. The second kappa shape index (κ2) is 6.08. The minimum atomic E-state index is -0.812. The monoisotopic (exact) mass is 292 g/mol. The lowest BCUT2D eigenvalue weighted by Gasteiger charge is -2.44. The maximum atomic E-state index is 12.5. The summed E-state index contributed by atoms with van der Waals surface area (Å²) in [7, 11) is 0. The number of likely N-dealkylation sites (tertiary alicyclic amines) is 1. The van der Waals surface area contributed by atoms with E-state index in [1.165, 1.54) is 25.7 Å². The number of piperidine rings is 1. The highest BCUT2D eigenvalue weighted by molar-refractivity contribution is 5.77. The van der Waals surface area contributed by atoms with E-state index in [-0.39, 0.29) is 12.1 Å². The van der Waals surface area contributed by atoms with Crippen LogP contribution in [-0.4, -0.2) is 40.6 Å². The highest BCUT2D eigenvalue weighted by atomic mass is 16.4. The molecule has 0 aromatic rings. The third kappa shape index (κ3) is 3.06. The standard InChI is InChI=1S/C16H24N2O3/c19-15(20)12-7-8-13(10-12)17-16(21)18-9-3-5-11-4-1-2-6-14(11)18/h7-8,11-14H,1-6,9-10H2,(H,17,21)(H,19,20)/t11-,12?,13?,14-/m1/s1. The number of carbonyl (C=O) groups excluding carboxylic acids is 1. The lowest BCUT2D eigenvalue weighted by molar-refractivity contribution is -0.140. The number of aliphatic carboxylic acids is 1. The molecule has 3 aliphatic rings. The Morgan fingerprint density at radius 2 is 1.86 bits per heavy atom. The van der Waals surface area contributed by atoms with E-state index in [9.17, 15) is 9.59 Å². The van der Waals surface area contributed by atoms with Crippen molar-refractivity contribution in [1.82, 2.24) is 10.2 Å². The van der Waals surface area contributed by atoms with Crippen molar-refractivity contribution in [2.45, 2.75) is 57.0 Å². The van der Waals surface area contributed by atoms with Crippen molar-refractivity contribution >= 4 is 12.0 Å². The zero-order chi connectivity index (χ0) is 14.8. The van der Waals surface area contributed by atoms with Gasteiger partial charge in [0, 0.05) is 12.6 Å². The zero-order valence-corrected chi connectivity index (χ0v) is 12.3. The second-order valence-electron chi connectivity index (χ2n) is 6.57. The van der Waals surface area contributed by atoms with Gasteiger partial charge in [0.15, 0.2) is 0 Å². The molecule has 2 N–H and O–H groups in total. The van der Waals surface area contributed by atoms with E-state index in [2.05, 4.69) is 5.32 Å². The van der Waals surface area contributed by atoms with Gasteiger partial charge in [-0.2, -0.15) is 0 Å². The van der Waals surface area contributed by atoms with Crippen LogP contribution in [0.5, 0.6) is 0 Å². The molecule has 116 valence electrons. The largest absolute Gasteiger partial charge is 0.481 e. The van der Waals surface area contributed by atoms with Crippen LogP contribution >= 0.6 is 0 Å². The van der Waals surface area contributed by atoms with Crippen molar-refractivity contribution in [3.8, 4) is 0 Å². The SMILES string of the molecule is O=C(O)C1C=CC(NC(=O)N2CCC[C@H]3CCCC[C@H]32)C1. The number of hydrogen-bond donors (Lipinski definition) is 2. The van der Waals surface area contributed by atoms with Crippen LogP contribution in [0.3, 0.4) is 0 Å². The highest BCUT2D eigenvalue weighted by Crippen LogP contribution is 2.35. The first kappa shape index (κ1) is 14.4. The lowest BCUT2D eigenvalue weighted by atomic mass is 9.78. The van der Waals surface area contributed by atoms with Crippen molar-refractivity contribution < 1.29 is 14.7 Å². The van der Waals surface area contributed by atoms with Gasteiger partial charge in [0.1, 0.15) is 0 Å². The molecule has 2 aliphatic carbocycles. The Bertz CT molecular complexity index is 447. The Balaban J connectivity index is 1.57. The summed E-state index contributed by atoms with van der Waals surface area (Å²) in [6.07, 6.45) is 11.2. The van der Waals surface area contributed by atoms with Gasteiger partial charge in [0.25, 0.3) is 0 Å². The first-order chi connectivity index (χ1) is 10.1. The molecule has 2 amide bonds. The van der Waals surface area contributed by atoms with Gasteiger partial charge in [-0.1, -0.05) is 25.0 Å². The van der Waals surface area contributed by atoms with E-state index in [0.717, 1.165) is 19.4 Å². The van der Waals surface area contributed by atoms with Crippen molar-refractivity contribution in [3.05, 3.63) is 12.2 Å². The molecule has 0 spiro atoms. The van der Waals surface area contributed by atoms with Gasteiger partial charge < -0.3 is 15.3 Å². The van der Waals surface area contributed by atoms with E-state index in [1.54, 1.807) is 6.08 Å². The van der Waals surface area contributed by atoms with Crippen LogP contribution in [0.15, 0.2) is 12.2 Å². The summed E-state index contributed by atoms with van der Waals surface area (Å²) in [5, 5.41) is 12.0. The third-order valence-electron chi connectivity index (χ3n) is 5.21. The molecule has 1 heterocycles. The van der Waals surface area contributed by atoms with Crippen LogP contribution in [-0.2, 0) is 4.79 Å². The molecule has 4 atom stereocenters. The lowest BCUT2D eigenvalue weighted by Crippen LogP contribution is -2.54. The molecule has 0 aromatic heterocycles. The summed E-state index contributed by atoms with van der Waals surface area (Å²) in [4.78, 5) is 25.5. The molecule has 5 nitrogen and oxygen atoms in total. The first-order valence-electron chi connectivity index (χ1n) is 8.13. The summed E-state index contributed by atoms with van der Waals surface area (Å²) in [5.74, 6) is -0.600. The Morgan fingerprint density at radius 3 is 2.62 bits per heavy atom. The molecule has 2 fully saturated rings. The summed E-state index contributed by atoms with van der Waals surface area (Å²) < 4.78 is 0. The molecular formula is C16H24N2O3. The van der Waals surface area contributed by atoms with Gasteiger partial charge in [0.05, 0.1) is 12.0 Å². The number of carboxylic acids is 1. The fraction of sp³-hybridized carbons (Fsp3) is 0.750. The van der Waals surface area contributed by atoms with Crippen LogP contribution in [0.1, 0.15) is 44.9 Å². The number of urea groups is 1. The molecular weight excluding hydrogens is 268 g/mol. The fourth-order valence-electron chi connectivity index (χ4n) is 4.11. The number of nitrogens with one attached hydrogen (secondary N) is 1. The molecule has 2 unspecified atom stereocenters. The molecule has 1 aliphatic heterocycles. The van der Waals surface area contributed by atoms with E-state index in [1.807, 2.05) is 11.0 Å². The molecule has 0 aromatic carbocycles. The van der Waals surface area contributed by atoms with Gasteiger partial charge in [0.2, 0.25) is 0 Å². The normalized spacial score (nSPS) is 35.3. The average molecular weight is 292 g/mol. The summed E-state index contributed by atoms with van der Waals surface area (Å²) in [6, 6.07) is 0.253. The maximum Gasteiger partial charge on any atom is 0.318 e. The van der Waals surface area contributed by atoms with Gasteiger partial charge in [-0.3, -0.25) is 4.79 Å². The van der Waals surface area contributed by atoms with E-state index < -0.39 is 11.9 Å². The maximum absolute atomic E-state index is 12.5. The number of amides is 2. The third-order valence-corrected chi connectivity index (χ3v) is 5.21. The Hall–Kier alpha value is -1.52. The quantitative estimate of drug-likeness (QED) is 0.768. The molecule has 1 saturated carbocycles. The topological polar surface area (TPSA) is 69.6 Å². The predicted octanol–water partition coefficient (Wildman–Crippen LogP) is 2.38. The molecule has 21 heavy (non-hydrogen) atoms. The van der Waals surface area contributed by atoms with E-state index >= 15 is 0 Å². The van der Waals surface area contributed by atoms with Gasteiger partial charge in [-0.05, 0) is 38.0 Å². The number of carbonyl (C=O) groups is 2. The minimum absolute atomic E-state index is 0.00714. The Morgan fingerprint density at radius 1 is 1.10 bits per heavy atom. The van der Waals surface area contributed by atoms with Crippen molar-refractivity contribution in [1.29, 1.82) is 0 Å². The number of rotatable bonds is 2. The fourth-order valence-corrected chi connectivity index (χ4v) is 4.11. The smallest absolute Gasteiger partial charge is 0.318 e. The molecule has 0 radical (unpaired) electrons. The molecule has 0 bridgehead atoms. The van der Waals surface area contributed by atoms with Crippen LogP contribution in [0, 0.1) is 11.8 Å². The zero-order valence-electron chi connectivity index (χ0n) is 12.3. The molecule has 1 saturated heterocycles. The molecule has 3 rings (SSSR count). The summed E-state index contributed by atoms with van der Waals surface area (Å²) >= 11 is 0. The number of hydrogen-bond acceptors (Lipinski definition) is 2. The van der Waals surface area contributed by atoms with E-state index in [4.69, 9.17) is 5.11 Å². The minimum Gasteiger partial charge on any atom is -0.481 e. The van der Waals surface area contributed by atoms with E-state index in [0.29, 0.717) is 18.4 Å². The summed E-state index contributed by atoms with van der Waals surface area (Å²) in [5.41, 5.74) is 0. The van der Waals surface area contributed by atoms with Crippen LogP contribution in [0.2, 0.25) is 0 Å². The van der Waals surface area contributed by atoms with Crippen molar-refractivity contribution in [3.63, 3.8) is 0 Å². The number of fused-ring (bicyclic) bond motifs is 1. The highest BCUT2D eigenvalue weighted by Gasteiger charge is 2.36. The van der Waals surface area contributed by atoms with Gasteiger partial charge in [-0.25, -0.2) is 4.79 Å². The average Bonchev–Trinajstić information content (AvgIpc) is 2.95.